The topological polar surface area (TPSA) is 134 Å². The fourth-order valence-electron chi connectivity index (χ4n) is 3.08. The zero-order valence-corrected chi connectivity index (χ0v) is 20.9. The van der Waals surface area contributed by atoms with Gasteiger partial charge in [0.2, 0.25) is 5.91 Å². The fraction of sp³-hybridized carbons (Fsp3) is 0.346. The number of carbonyl (C=O) groups is 3. The molecule has 0 bridgehead atoms. The van der Waals surface area contributed by atoms with Gasteiger partial charge in [0.15, 0.2) is 0 Å². The minimum absolute atomic E-state index is 0.0871. The Morgan fingerprint density at radius 2 is 1.47 bits per heavy atom. The summed E-state index contributed by atoms with van der Waals surface area (Å²) in [5.74, 6) is 4.45. The van der Waals surface area contributed by atoms with Gasteiger partial charge >= 0.3 is 0 Å². The van der Waals surface area contributed by atoms with Crippen molar-refractivity contribution in [1.29, 1.82) is 0 Å². The number of nitrogens with zero attached hydrogens (tertiary/aromatic N) is 2. The van der Waals surface area contributed by atoms with Gasteiger partial charge < -0.3 is 20.6 Å². The van der Waals surface area contributed by atoms with E-state index < -0.39 is 24.0 Å². The van der Waals surface area contributed by atoms with Crippen LogP contribution in [0.4, 0.5) is 5.69 Å². The van der Waals surface area contributed by atoms with Gasteiger partial charge in [-0.2, -0.15) is 0 Å². The lowest BCUT2D eigenvalue weighted by Crippen LogP contribution is -2.51. The Bertz CT molecular complexity index is 1090. The standard InChI is InChI=1S/C26H33N5O5/c1-18(32)24(26(35)29-36)28-25(34)21-11-7-19(8-12-21)5-6-20-9-13-22(14-10-20)27-23(33)17-31(4)16-15-30(2)3/h7-14,18,24,32,36H,15-17H2,1-4H3,(H,27,33)(H,28,34)(H,29,35)/t18-,24+/m1/s1. The number of anilines is 1. The normalized spacial score (nSPS) is 12.3. The second-order valence-corrected chi connectivity index (χ2v) is 8.66. The summed E-state index contributed by atoms with van der Waals surface area (Å²) in [6.07, 6.45) is -1.19. The number of aliphatic hydroxyl groups is 1. The quantitative estimate of drug-likeness (QED) is 0.184. The molecule has 0 aromatic heterocycles. The third-order valence-corrected chi connectivity index (χ3v) is 5.17. The molecular weight excluding hydrogens is 462 g/mol. The predicted octanol–water partition coefficient (Wildman–Crippen LogP) is 0.503. The molecule has 2 rings (SSSR count). The zero-order valence-electron chi connectivity index (χ0n) is 20.9. The van der Waals surface area contributed by atoms with E-state index in [2.05, 4.69) is 27.4 Å². The Hall–Kier alpha value is -3.75. The van der Waals surface area contributed by atoms with Crippen LogP contribution < -0.4 is 16.1 Å². The Kier molecular flexibility index (Phi) is 11.1. The minimum Gasteiger partial charge on any atom is -0.391 e. The highest BCUT2D eigenvalue weighted by Gasteiger charge is 2.25. The number of hydrogen-bond acceptors (Lipinski definition) is 7. The first-order valence-corrected chi connectivity index (χ1v) is 11.4. The van der Waals surface area contributed by atoms with Crippen molar-refractivity contribution in [1.82, 2.24) is 20.6 Å². The summed E-state index contributed by atoms with van der Waals surface area (Å²) in [5, 5.41) is 23.6. The van der Waals surface area contributed by atoms with E-state index in [-0.39, 0.29) is 11.5 Å². The molecule has 0 aliphatic heterocycles. The summed E-state index contributed by atoms with van der Waals surface area (Å²) in [5.41, 5.74) is 3.80. The molecule has 0 fully saturated rings. The number of carbonyl (C=O) groups excluding carboxylic acids is 3. The Labute approximate surface area is 211 Å². The first kappa shape index (κ1) is 28.5. The molecule has 3 amide bonds. The van der Waals surface area contributed by atoms with Crippen molar-refractivity contribution in [3.05, 3.63) is 65.2 Å². The molecule has 0 saturated heterocycles. The van der Waals surface area contributed by atoms with E-state index in [4.69, 9.17) is 5.21 Å². The van der Waals surface area contributed by atoms with Crippen LogP contribution >= 0.6 is 0 Å². The molecule has 0 radical (unpaired) electrons. The molecule has 0 aliphatic carbocycles. The van der Waals surface area contributed by atoms with E-state index in [1.165, 1.54) is 12.4 Å². The number of nitrogens with one attached hydrogen (secondary N) is 3. The van der Waals surface area contributed by atoms with E-state index in [0.29, 0.717) is 17.8 Å². The molecule has 0 saturated carbocycles. The predicted molar refractivity (Wildman–Crippen MR) is 136 cm³/mol. The Balaban J connectivity index is 1.93. The first-order valence-electron chi connectivity index (χ1n) is 11.4. The lowest BCUT2D eigenvalue weighted by Gasteiger charge is -2.19. The van der Waals surface area contributed by atoms with Crippen LogP contribution in [-0.4, -0.2) is 90.8 Å². The average molecular weight is 496 g/mol. The zero-order chi connectivity index (χ0) is 26.7. The monoisotopic (exact) mass is 495 g/mol. The highest BCUT2D eigenvalue weighted by Crippen LogP contribution is 2.10. The van der Waals surface area contributed by atoms with Gasteiger partial charge in [-0.25, -0.2) is 5.48 Å². The number of likely N-dealkylation sites (N-methyl/N-ethyl adjacent to an activating group) is 2. The van der Waals surface area contributed by atoms with Gasteiger partial charge in [0, 0.05) is 35.5 Å². The summed E-state index contributed by atoms with van der Waals surface area (Å²) in [6, 6.07) is 12.3. The van der Waals surface area contributed by atoms with Crippen LogP contribution in [0.3, 0.4) is 0 Å². The van der Waals surface area contributed by atoms with E-state index >= 15 is 0 Å². The second-order valence-electron chi connectivity index (χ2n) is 8.66. The van der Waals surface area contributed by atoms with Crippen molar-refractivity contribution in [2.24, 2.45) is 0 Å². The molecule has 2 aromatic rings. The molecule has 2 atom stereocenters. The Morgan fingerprint density at radius 3 is 1.97 bits per heavy atom. The molecule has 10 nitrogen and oxygen atoms in total. The SMILES string of the molecule is C[C@@H](O)[C@H](NC(=O)c1ccc(C#Cc2ccc(NC(=O)CN(C)CCN(C)C)cc2)cc1)C(=O)NO. The van der Waals surface area contributed by atoms with Gasteiger partial charge in [-0.05, 0) is 76.6 Å². The Morgan fingerprint density at radius 1 is 0.917 bits per heavy atom. The maximum Gasteiger partial charge on any atom is 0.268 e. The van der Waals surface area contributed by atoms with Crippen LogP contribution in [0.1, 0.15) is 28.4 Å². The number of amides is 3. The lowest BCUT2D eigenvalue weighted by molar-refractivity contribution is -0.133. The smallest absolute Gasteiger partial charge is 0.268 e. The van der Waals surface area contributed by atoms with Gasteiger partial charge in [-0.1, -0.05) is 11.8 Å². The molecule has 10 heteroatoms. The molecule has 0 heterocycles. The third-order valence-electron chi connectivity index (χ3n) is 5.17. The molecule has 0 spiro atoms. The van der Waals surface area contributed by atoms with E-state index in [1.807, 2.05) is 38.2 Å². The van der Waals surface area contributed by atoms with Gasteiger partial charge in [-0.15, -0.1) is 0 Å². The summed E-state index contributed by atoms with van der Waals surface area (Å²) >= 11 is 0. The average Bonchev–Trinajstić information content (AvgIpc) is 2.85. The molecule has 192 valence electrons. The number of hydroxylamine groups is 1. The van der Waals surface area contributed by atoms with E-state index in [9.17, 15) is 19.5 Å². The van der Waals surface area contributed by atoms with Crippen molar-refractivity contribution in [2.75, 3.05) is 46.1 Å². The maximum atomic E-state index is 12.3. The van der Waals surface area contributed by atoms with Crippen LogP contribution in [0.25, 0.3) is 0 Å². The molecule has 5 N–H and O–H groups in total. The molecular formula is C26H33N5O5. The molecule has 0 unspecified atom stereocenters. The van der Waals surface area contributed by atoms with Gasteiger partial charge in [0.1, 0.15) is 6.04 Å². The van der Waals surface area contributed by atoms with Crippen molar-refractivity contribution >= 4 is 23.4 Å². The van der Waals surface area contributed by atoms with E-state index in [0.717, 1.165) is 18.7 Å². The first-order chi connectivity index (χ1) is 17.1. The molecule has 36 heavy (non-hydrogen) atoms. The van der Waals surface area contributed by atoms with Crippen LogP contribution in [0.15, 0.2) is 48.5 Å². The largest absolute Gasteiger partial charge is 0.391 e. The highest BCUT2D eigenvalue weighted by atomic mass is 16.5. The summed E-state index contributed by atoms with van der Waals surface area (Å²) in [6.45, 7) is 3.30. The summed E-state index contributed by atoms with van der Waals surface area (Å²) < 4.78 is 0. The lowest BCUT2D eigenvalue weighted by atomic mass is 10.1. The fourth-order valence-corrected chi connectivity index (χ4v) is 3.08. The summed E-state index contributed by atoms with van der Waals surface area (Å²) in [7, 11) is 5.89. The highest BCUT2D eigenvalue weighted by molar-refractivity contribution is 5.97. The van der Waals surface area contributed by atoms with Crippen LogP contribution in [0.5, 0.6) is 0 Å². The van der Waals surface area contributed by atoms with Crippen molar-refractivity contribution in [3.63, 3.8) is 0 Å². The maximum absolute atomic E-state index is 12.3. The van der Waals surface area contributed by atoms with Crippen LogP contribution in [0, 0.1) is 11.8 Å². The second kappa shape index (κ2) is 14.0. The van der Waals surface area contributed by atoms with Gasteiger partial charge in [0.25, 0.3) is 11.8 Å². The number of rotatable bonds is 10. The third kappa shape index (κ3) is 9.48. The van der Waals surface area contributed by atoms with Crippen molar-refractivity contribution < 1.29 is 24.7 Å². The van der Waals surface area contributed by atoms with Crippen LogP contribution in [0.2, 0.25) is 0 Å². The van der Waals surface area contributed by atoms with Crippen LogP contribution in [-0.2, 0) is 9.59 Å². The molecule has 2 aromatic carbocycles. The van der Waals surface area contributed by atoms with Gasteiger partial charge in [-0.3, -0.25) is 24.5 Å². The number of benzene rings is 2. The van der Waals surface area contributed by atoms with Gasteiger partial charge in [0.05, 0.1) is 12.6 Å². The number of hydrogen-bond donors (Lipinski definition) is 5. The number of aliphatic hydroxyl groups excluding tert-OH is 1. The van der Waals surface area contributed by atoms with Crippen molar-refractivity contribution in [3.8, 4) is 11.8 Å². The molecule has 0 aliphatic rings. The van der Waals surface area contributed by atoms with E-state index in [1.54, 1.807) is 36.4 Å². The van der Waals surface area contributed by atoms with Crippen molar-refractivity contribution in [2.45, 2.75) is 19.1 Å². The minimum atomic E-state index is -1.29. The summed E-state index contributed by atoms with van der Waals surface area (Å²) in [4.78, 5) is 40.2.